The van der Waals surface area contributed by atoms with Gasteiger partial charge in [0.1, 0.15) is 0 Å². The molecule has 0 saturated heterocycles. The van der Waals surface area contributed by atoms with Crippen molar-refractivity contribution in [3.63, 3.8) is 0 Å². The van der Waals surface area contributed by atoms with Gasteiger partial charge in [-0.05, 0) is 37.3 Å². The molecule has 2 rings (SSSR count). The van der Waals surface area contributed by atoms with Gasteiger partial charge in [-0.15, -0.1) is 0 Å². The Morgan fingerprint density at radius 1 is 1.44 bits per heavy atom. The largest absolute Gasteiger partial charge is 0.396 e. The van der Waals surface area contributed by atoms with E-state index in [1.54, 1.807) is 4.57 Å². The van der Waals surface area contributed by atoms with Crippen LogP contribution in [-0.2, 0) is 25.9 Å². The predicted molar refractivity (Wildman–Crippen MR) is 62.3 cm³/mol. The van der Waals surface area contributed by atoms with Gasteiger partial charge in [0.25, 0.3) is 5.56 Å². The number of hydrogen-bond acceptors (Lipinski definition) is 3. The first-order valence-electron chi connectivity index (χ1n) is 5.83. The Morgan fingerprint density at radius 2 is 2.25 bits per heavy atom. The number of aromatic nitrogens is 1. The highest BCUT2D eigenvalue weighted by Crippen LogP contribution is 2.21. The summed E-state index contributed by atoms with van der Waals surface area (Å²) in [5.41, 5.74) is 8.71. The van der Waals surface area contributed by atoms with E-state index in [0.717, 1.165) is 25.0 Å². The Kier molecular flexibility index (Phi) is 3.41. The zero-order valence-corrected chi connectivity index (χ0v) is 9.41. The van der Waals surface area contributed by atoms with Crippen LogP contribution in [0.3, 0.4) is 0 Å². The number of hydrogen-bond donors (Lipinski definition) is 2. The zero-order valence-electron chi connectivity index (χ0n) is 9.41. The quantitative estimate of drug-likeness (QED) is 0.763. The Hall–Kier alpha value is -1.13. The summed E-state index contributed by atoms with van der Waals surface area (Å²) in [4.78, 5) is 12.1. The minimum Gasteiger partial charge on any atom is -0.396 e. The normalized spacial score (nSPS) is 14.1. The Labute approximate surface area is 94.7 Å². The summed E-state index contributed by atoms with van der Waals surface area (Å²) in [7, 11) is 0. The number of aliphatic hydroxyl groups excluding tert-OH is 1. The monoisotopic (exact) mass is 222 g/mol. The third kappa shape index (κ3) is 1.90. The van der Waals surface area contributed by atoms with E-state index in [-0.39, 0.29) is 12.2 Å². The van der Waals surface area contributed by atoms with E-state index in [9.17, 15) is 4.79 Å². The standard InChI is InChI=1S/C12H18N2O2/c13-8-10-7-9-3-1-4-11(9)14(12(10)16)5-2-6-15/h7,15H,1-6,8,13H2. The number of aliphatic hydroxyl groups is 1. The fourth-order valence-electron chi connectivity index (χ4n) is 2.39. The summed E-state index contributed by atoms with van der Waals surface area (Å²) < 4.78 is 1.81. The van der Waals surface area contributed by atoms with Crippen molar-refractivity contribution in [1.29, 1.82) is 0 Å². The van der Waals surface area contributed by atoms with E-state index in [1.165, 1.54) is 5.56 Å². The molecule has 0 radical (unpaired) electrons. The van der Waals surface area contributed by atoms with Gasteiger partial charge in [0.05, 0.1) is 0 Å². The van der Waals surface area contributed by atoms with Gasteiger partial charge >= 0.3 is 0 Å². The van der Waals surface area contributed by atoms with Crippen LogP contribution in [-0.4, -0.2) is 16.3 Å². The van der Waals surface area contributed by atoms with Gasteiger partial charge in [0, 0.05) is 31.0 Å². The van der Waals surface area contributed by atoms with Crippen molar-refractivity contribution in [3.8, 4) is 0 Å². The summed E-state index contributed by atoms with van der Waals surface area (Å²) >= 11 is 0. The maximum absolute atomic E-state index is 12.1. The highest BCUT2D eigenvalue weighted by molar-refractivity contribution is 5.30. The lowest BCUT2D eigenvalue weighted by atomic mass is 10.1. The van der Waals surface area contributed by atoms with Crippen molar-refractivity contribution in [2.75, 3.05) is 6.61 Å². The summed E-state index contributed by atoms with van der Waals surface area (Å²) in [5, 5.41) is 8.85. The van der Waals surface area contributed by atoms with Crippen LogP contribution >= 0.6 is 0 Å². The van der Waals surface area contributed by atoms with Gasteiger partial charge in [0.15, 0.2) is 0 Å². The molecule has 0 unspecified atom stereocenters. The van der Waals surface area contributed by atoms with Crippen molar-refractivity contribution in [3.05, 3.63) is 33.2 Å². The number of fused-ring (bicyclic) bond motifs is 1. The molecule has 0 saturated carbocycles. The van der Waals surface area contributed by atoms with Crippen molar-refractivity contribution in [1.82, 2.24) is 4.57 Å². The summed E-state index contributed by atoms with van der Waals surface area (Å²) in [5.74, 6) is 0. The Morgan fingerprint density at radius 3 is 2.94 bits per heavy atom. The number of pyridine rings is 1. The number of aryl methyl sites for hydroxylation is 1. The lowest BCUT2D eigenvalue weighted by Crippen LogP contribution is -2.28. The van der Waals surface area contributed by atoms with Crippen LogP contribution in [0.2, 0.25) is 0 Å². The molecule has 0 aliphatic heterocycles. The molecule has 1 heterocycles. The van der Waals surface area contributed by atoms with E-state index >= 15 is 0 Å². The molecule has 0 atom stereocenters. The second-order valence-electron chi connectivity index (χ2n) is 4.23. The van der Waals surface area contributed by atoms with Gasteiger partial charge in [0.2, 0.25) is 0 Å². The van der Waals surface area contributed by atoms with Crippen LogP contribution in [0.5, 0.6) is 0 Å². The van der Waals surface area contributed by atoms with Crippen LogP contribution < -0.4 is 11.3 Å². The molecular formula is C12H18N2O2. The number of nitrogens with zero attached hydrogens (tertiary/aromatic N) is 1. The average Bonchev–Trinajstić information content (AvgIpc) is 2.75. The van der Waals surface area contributed by atoms with Gasteiger partial charge in [-0.3, -0.25) is 4.79 Å². The molecular weight excluding hydrogens is 204 g/mol. The highest BCUT2D eigenvalue weighted by atomic mass is 16.3. The van der Waals surface area contributed by atoms with Crippen molar-refractivity contribution in [2.24, 2.45) is 5.73 Å². The van der Waals surface area contributed by atoms with E-state index in [0.29, 0.717) is 25.1 Å². The molecule has 4 heteroatoms. The molecule has 88 valence electrons. The van der Waals surface area contributed by atoms with Gasteiger partial charge in [-0.25, -0.2) is 0 Å². The summed E-state index contributed by atoms with van der Waals surface area (Å²) in [6, 6.07) is 1.96. The summed E-state index contributed by atoms with van der Waals surface area (Å²) in [6.45, 7) is 1.02. The smallest absolute Gasteiger partial charge is 0.255 e. The second kappa shape index (κ2) is 4.80. The Balaban J connectivity index is 2.47. The van der Waals surface area contributed by atoms with E-state index in [1.807, 2.05) is 6.07 Å². The molecule has 1 aromatic rings. The lowest BCUT2D eigenvalue weighted by Gasteiger charge is -2.13. The first-order chi connectivity index (χ1) is 7.77. The molecule has 4 nitrogen and oxygen atoms in total. The molecule has 1 aliphatic rings. The van der Waals surface area contributed by atoms with E-state index < -0.39 is 0 Å². The first kappa shape index (κ1) is 11.4. The molecule has 3 N–H and O–H groups in total. The molecule has 1 aliphatic carbocycles. The van der Waals surface area contributed by atoms with Crippen LogP contribution in [0, 0.1) is 0 Å². The first-order valence-corrected chi connectivity index (χ1v) is 5.83. The molecule has 0 aromatic carbocycles. The van der Waals surface area contributed by atoms with Gasteiger partial charge in [-0.1, -0.05) is 0 Å². The maximum Gasteiger partial charge on any atom is 0.255 e. The highest BCUT2D eigenvalue weighted by Gasteiger charge is 2.17. The predicted octanol–water partition coefficient (Wildman–Crippen LogP) is 0.178. The fraction of sp³-hybridized carbons (Fsp3) is 0.583. The SMILES string of the molecule is NCc1cc2c(n(CCCO)c1=O)CCC2. The minimum atomic E-state index is 0.0246. The molecule has 0 fully saturated rings. The average molecular weight is 222 g/mol. The molecule has 1 aromatic heterocycles. The third-order valence-electron chi connectivity index (χ3n) is 3.18. The van der Waals surface area contributed by atoms with Crippen molar-refractivity contribution >= 4 is 0 Å². The molecule has 0 bridgehead atoms. The van der Waals surface area contributed by atoms with Crippen LogP contribution in [0.1, 0.15) is 29.7 Å². The van der Waals surface area contributed by atoms with Crippen molar-refractivity contribution < 1.29 is 5.11 Å². The summed E-state index contributed by atoms with van der Waals surface area (Å²) in [6.07, 6.45) is 3.75. The van der Waals surface area contributed by atoms with Gasteiger partial charge in [-0.2, -0.15) is 0 Å². The lowest BCUT2D eigenvalue weighted by molar-refractivity contribution is 0.278. The Bertz CT molecular complexity index is 437. The van der Waals surface area contributed by atoms with Crippen molar-refractivity contribution in [2.45, 2.75) is 38.8 Å². The van der Waals surface area contributed by atoms with E-state index in [2.05, 4.69) is 0 Å². The maximum atomic E-state index is 12.1. The molecule has 0 amide bonds. The van der Waals surface area contributed by atoms with Crippen LogP contribution in [0.4, 0.5) is 0 Å². The molecule has 16 heavy (non-hydrogen) atoms. The third-order valence-corrected chi connectivity index (χ3v) is 3.18. The molecule has 0 spiro atoms. The number of rotatable bonds is 4. The fourth-order valence-corrected chi connectivity index (χ4v) is 2.39. The van der Waals surface area contributed by atoms with E-state index in [4.69, 9.17) is 10.8 Å². The minimum absolute atomic E-state index is 0.0246. The zero-order chi connectivity index (χ0) is 11.5. The van der Waals surface area contributed by atoms with Crippen LogP contribution in [0.25, 0.3) is 0 Å². The van der Waals surface area contributed by atoms with Crippen LogP contribution in [0.15, 0.2) is 10.9 Å². The van der Waals surface area contributed by atoms with Gasteiger partial charge < -0.3 is 15.4 Å². The second-order valence-corrected chi connectivity index (χ2v) is 4.23. The topological polar surface area (TPSA) is 68.2 Å². The number of nitrogens with two attached hydrogens (primary N) is 1.